The molecule has 0 aliphatic rings. The lowest BCUT2D eigenvalue weighted by Crippen LogP contribution is -2.46. The number of thioether (sulfide) groups is 1. The Bertz CT molecular complexity index is 226. The third kappa shape index (κ3) is 7.24. The van der Waals surface area contributed by atoms with Crippen molar-refractivity contribution in [2.75, 3.05) is 25.1 Å². The summed E-state index contributed by atoms with van der Waals surface area (Å²) in [4.78, 5) is 14.1. The highest BCUT2D eigenvalue weighted by Crippen LogP contribution is 2.03. The predicted octanol–water partition coefficient (Wildman–Crippen LogP) is 1.30. The van der Waals surface area contributed by atoms with Gasteiger partial charge in [0.15, 0.2) is 0 Å². The lowest BCUT2D eigenvalue weighted by atomic mass is 10.2. The van der Waals surface area contributed by atoms with E-state index in [4.69, 9.17) is 5.73 Å². The minimum atomic E-state index is -0.371. The molecular weight excluding hydrogens is 246 g/mol. The topological polar surface area (TPSA) is 58.4 Å². The summed E-state index contributed by atoms with van der Waals surface area (Å²) in [7, 11) is 0. The Balaban J connectivity index is 3.91. The molecule has 0 saturated carbocycles. The standard InChI is InChI=1S/C13H29N3OS/c1-10(2)16(11(3)4)8-7-15-13(17)12(14)6-9-18-5/h10-12H,6-9,14H2,1-5H3,(H,15,17)/t12-/m1/s1. The third-order valence-electron chi connectivity index (χ3n) is 2.97. The van der Waals surface area contributed by atoms with Crippen LogP contribution in [0.5, 0.6) is 0 Å². The van der Waals surface area contributed by atoms with Gasteiger partial charge in [0.05, 0.1) is 6.04 Å². The van der Waals surface area contributed by atoms with Gasteiger partial charge >= 0.3 is 0 Å². The molecule has 0 aromatic heterocycles. The van der Waals surface area contributed by atoms with E-state index < -0.39 is 0 Å². The number of carbonyl (C=O) groups excluding carboxylic acids is 1. The molecule has 0 heterocycles. The van der Waals surface area contributed by atoms with E-state index in [1.807, 2.05) is 6.26 Å². The van der Waals surface area contributed by atoms with Crippen molar-refractivity contribution in [2.45, 2.75) is 52.2 Å². The van der Waals surface area contributed by atoms with Crippen LogP contribution in [0.15, 0.2) is 0 Å². The molecule has 3 N–H and O–H groups in total. The third-order valence-corrected chi connectivity index (χ3v) is 3.61. The van der Waals surface area contributed by atoms with E-state index >= 15 is 0 Å². The summed E-state index contributed by atoms with van der Waals surface area (Å²) >= 11 is 1.72. The van der Waals surface area contributed by atoms with Crippen molar-refractivity contribution in [3.63, 3.8) is 0 Å². The molecule has 0 aliphatic heterocycles. The molecule has 0 saturated heterocycles. The van der Waals surface area contributed by atoms with E-state index in [9.17, 15) is 4.79 Å². The molecule has 0 fully saturated rings. The normalized spacial score (nSPS) is 13.4. The second-order valence-corrected chi connectivity index (χ2v) is 6.09. The van der Waals surface area contributed by atoms with E-state index in [-0.39, 0.29) is 11.9 Å². The van der Waals surface area contributed by atoms with E-state index in [1.54, 1.807) is 11.8 Å². The van der Waals surface area contributed by atoms with Crippen LogP contribution >= 0.6 is 11.8 Å². The fourth-order valence-corrected chi connectivity index (χ4v) is 2.42. The summed E-state index contributed by atoms with van der Waals surface area (Å²) in [6.45, 7) is 10.2. The van der Waals surface area contributed by atoms with E-state index in [1.165, 1.54) is 0 Å². The molecule has 1 amide bonds. The van der Waals surface area contributed by atoms with Crippen LogP contribution in [0.25, 0.3) is 0 Å². The number of amides is 1. The summed E-state index contributed by atoms with van der Waals surface area (Å²) < 4.78 is 0. The van der Waals surface area contributed by atoms with Crippen molar-refractivity contribution in [1.82, 2.24) is 10.2 Å². The van der Waals surface area contributed by atoms with Crippen LogP contribution in [0.1, 0.15) is 34.1 Å². The predicted molar refractivity (Wildman–Crippen MR) is 81.0 cm³/mol. The van der Waals surface area contributed by atoms with Crippen LogP contribution in [0.4, 0.5) is 0 Å². The van der Waals surface area contributed by atoms with Gasteiger partial charge in [-0.1, -0.05) is 0 Å². The molecule has 18 heavy (non-hydrogen) atoms. The van der Waals surface area contributed by atoms with Gasteiger partial charge in [0.2, 0.25) is 5.91 Å². The largest absolute Gasteiger partial charge is 0.353 e. The van der Waals surface area contributed by atoms with Crippen molar-refractivity contribution in [2.24, 2.45) is 5.73 Å². The highest BCUT2D eigenvalue weighted by atomic mass is 32.2. The van der Waals surface area contributed by atoms with Crippen LogP contribution in [0.3, 0.4) is 0 Å². The first kappa shape index (κ1) is 17.7. The Hall–Kier alpha value is -0.260. The van der Waals surface area contributed by atoms with E-state index in [2.05, 4.69) is 37.9 Å². The van der Waals surface area contributed by atoms with Gasteiger partial charge in [0, 0.05) is 25.2 Å². The number of nitrogens with one attached hydrogen (secondary N) is 1. The highest BCUT2D eigenvalue weighted by molar-refractivity contribution is 7.98. The molecule has 0 unspecified atom stereocenters. The summed E-state index contributed by atoms with van der Waals surface area (Å²) in [6.07, 6.45) is 2.76. The van der Waals surface area contributed by atoms with Gasteiger partial charge in [0.1, 0.15) is 0 Å². The Morgan fingerprint density at radius 3 is 2.28 bits per heavy atom. The van der Waals surface area contributed by atoms with Crippen LogP contribution < -0.4 is 11.1 Å². The summed E-state index contributed by atoms with van der Waals surface area (Å²) in [6, 6.07) is 0.614. The van der Waals surface area contributed by atoms with Crippen molar-refractivity contribution in [1.29, 1.82) is 0 Å². The number of hydrogen-bond acceptors (Lipinski definition) is 4. The van der Waals surface area contributed by atoms with Crippen LogP contribution in [0.2, 0.25) is 0 Å². The van der Waals surface area contributed by atoms with Crippen molar-refractivity contribution < 1.29 is 4.79 Å². The van der Waals surface area contributed by atoms with Crippen LogP contribution in [-0.4, -0.2) is 54.0 Å². The van der Waals surface area contributed by atoms with Crippen molar-refractivity contribution >= 4 is 17.7 Å². The minimum absolute atomic E-state index is 0.0310. The first-order valence-electron chi connectivity index (χ1n) is 6.68. The van der Waals surface area contributed by atoms with Gasteiger partial charge < -0.3 is 11.1 Å². The molecule has 0 rings (SSSR count). The summed E-state index contributed by atoms with van der Waals surface area (Å²) in [5.74, 6) is 0.898. The minimum Gasteiger partial charge on any atom is -0.353 e. The van der Waals surface area contributed by atoms with Crippen molar-refractivity contribution in [3.05, 3.63) is 0 Å². The van der Waals surface area contributed by atoms with Gasteiger partial charge in [-0.3, -0.25) is 9.69 Å². The Morgan fingerprint density at radius 2 is 1.83 bits per heavy atom. The first-order chi connectivity index (χ1) is 8.40. The van der Waals surface area contributed by atoms with Crippen LogP contribution in [-0.2, 0) is 4.79 Å². The Morgan fingerprint density at radius 1 is 1.28 bits per heavy atom. The molecule has 0 radical (unpaired) electrons. The second-order valence-electron chi connectivity index (χ2n) is 5.10. The molecule has 0 aliphatic carbocycles. The number of hydrogen-bond donors (Lipinski definition) is 2. The first-order valence-corrected chi connectivity index (χ1v) is 8.07. The molecule has 5 heteroatoms. The fraction of sp³-hybridized carbons (Fsp3) is 0.923. The molecular formula is C13H29N3OS. The zero-order valence-electron chi connectivity index (χ0n) is 12.4. The van der Waals surface area contributed by atoms with Gasteiger partial charge in [-0.25, -0.2) is 0 Å². The number of nitrogens with two attached hydrogens (primary N) is 1. The summed E-state index contributed by atoms with van der Waals surface area (Å²) in [5.41, 5.74) is 5.80. The van der Waals surface area contributed by atoms with E-state index in [0.717, 1.165) is 18.7 Å². The van der Waals surface area contributed by atoms with E-state index in [0.29, 0.717) is 18.6 Å². The van der Waals surface area contributed by atoms with Crippen LogP contribution in [0, 0.1) is 0 Å². The average molecular weight is 275 g/mol. The zero-order valence-corrected chi connectivity index (χ0v) is 13.2. The molecule has 0 aromatic rings. The number of nitrogens with zero attached hydrogens (tertiary/aromatic N) is 1. The number of rotatable bonds is 9. The highest BCUT2D eigenvalue weighted by Gasteiger charge is 2.15. The summed E-state index contributed by atoms with van der Waals surface area (Å²) in [5, 5.41) is 2.92. The van der Waals surface area contributed by atoms with Crippen molar-refractivity contribution in [3.8, 4) is 0 Å². The van der Waals surface area contributed by atoms with Gasteiger partial charge in [-0.05, 0) is 46.1 Å². The lowest BCUT2D eigenvalue weighted by Gasteiger charge is -2.30. The maximum absolute atomic E-state index is 11.7. The SMILES string of the molecule is CSCC[C@@H](N)C(=O)NCCN(C(C)C)C(C)C. The lowest BCUT2D eigenvalue weighted by molar-refractivity contribution is -0.122. The zero-order chi connectivity index (χ0) is 14.1. The molecule has 1 atom stereocenters. The molecule has 0 bridgehead atoms. The van der Waals surface area contributed by atoms with Gasteiger partial charge in [0.25, 0.3) is 0 Å². The maximum Gasteiger partial charge on any atom is 0.236 e. The maximum atomic E-state index is 11.7. The van der Waals surface area contributed by atoms with Gasteiger partial charge in [-0.15, -0.1) is 0 Å². The average Bonchev–Trinajstić information content (AvgIpc) is 2.30. The second kappa shape index (κ2) is 9.64. The number of carbonyl (C=O) groups is 1. The quantitative estimate of drug-likeness (QED) is 0.666. The smallest absolute Gasteiger partial charge is 0.236 e. The Kier molecular flexibility index (Phi) is 9.50. The fourth-order valence-electron chi connectivity index (χ4n) is 1.93. The molecule has 0 aromatic carbocycles. The monoisotopic (exact) mass is 275 g/mol. The Labute approximate surface area is 116 Å². The molecule has 4 nitrogen and oxygen atoms in total. The molecule has 0 spiro atoms. The molecule has 108 valence electrons. The van der Waals surface area contributed by atoms with Gasteiger partial charge in [-0.2, -0.15) is 11.8 Å².